The Kier molecular flexibility index (Phi) is 5.33. The van der Waals surface area contributed by atoms with E-state index in [0.717, 1.165) is 18.7 Å². The first-order valence-corrected chi connectivity index (χ1v) is 5.47. The maximum absolute atomic E-state index is 9.61. The molecular formula is C11H15Cl2NO3. The second-order valence-electron chi connectivity index (χ2n) is 3.64. The van der Waals surface area contributed by atoms with Gasteiger partial charge in [0.2, 0.25) is 0 Å². The Morgan fingerprint density at radius 1 is 1.53 bits per heavy atom. The van der Waals surface area contributed by atoms with Crippen molar-refractivity contribution in [3.63, 3.8) is 0 Å². The van der Waals surface area contributed by atoms with Gasteiger partial charge in [-0.1, -0.05) is 11.6 Å². The fourth-order valence-electron chi connectivity index (χ4n) is 1.73. The summed E-state index contributed by atoms with van der Waals surface area (Å²) in [5, 5.41) is 13.2. The molecular weight excluding hydrogens is 265 g/mol. The molecule has 0 spiro atoms. The Morgan fingerprint density at radius 2 is 2.29 bits per heavy atom. The summed E-state index contributed by atoms with van der Waals surface area (Å²) in [6.45, 7) is 2.13. The largest absolute Gasteiger partial charge is 0.503 e. The molecule has 1 aliphatic rings. The van der Waals surface area contributed by atoms with Crippen LogP contribution >= 0.6 is 24.0 Å². The molecule has 6 heteroatoms. The third kappa shape index (κ3) is 3.16. The molecule has 2 N–H and O–H groups in total. The molecule has 96 valence electrons. The van der Waals surface area contributed by atoms with Gasteiger partial charge in [-0.25, -0.2) is 0 Å². The molecule has 0 aliphatic carbocycles. The molecule has 0 radical (unpaired) electrons. The number of rotatable bonds is 2. The lowest BCUT2D eigenvalue weighted by Gasteiger charge is -2.24. The molecule has 1 aromatic carbocycles. The highest BCUT2D eigenvalue weighted by molar-refractivity contribution is 6.32. The minimum Gasteiger partial charge on any atom is -0.503 e. The molecule has 1 atom stereocenters. The lowest BCUT2D eigenvalue weighted by atomic mass is 10.1. The van der Waals surface area contributed by atoms with Crippen molar-refractivity contribution >= 4 is 24.0 Å². The summed E-state index contributed by atoms with van der Waals surface area (Å²) in [5.74, 6) is 0.361. The molecule has 0 amide bonds. The van der Waals surface area contributed by atoms with Crippen LogP contribution in [0.25, 0.3) is 0 Å². The summed E-state index contributed by atoms with van der Waals surface area (Å²) in [6, 6.07) is 3.60. The van der Waals surface area contributed by atoms with E-state index in [1.54, 1.807) is 12.1 Å². The van der Waals surface area contributed by atoms with Crippen LogP contribution in [0.2, 0.25) is 5.02 Å². The first-order valence-electron chi connectivity index (χ1n) is 5.10. The molecule has 2 rings (SSSR count). The van der Waals surface area contributed by atoms with E-state index in [4.69, 9.17) is 21.1 Å². The van der Waals surface area contributed by atoms with Crippen molar-refractivity contribution in [1.29, 1.82) is 0 Å². The van der Waals surface area contributed by atoms with Gasteiger partial charge < -0.3 is 19.9 Å². The summed E-state index contributed by atoms with van der Waals surface area (Å²) < 4.78 is 10.4. The van der Waals surface area contributed by atoms with Crippen LogP contribution < -0.4 is 10.1 Å². The number of hydrogen-bond acceptors (Lipinski definition) is 4. The number of halogens is 2. The van der Waals surface area contributed by atoms with Crippen LogP contribution in [0.3, 0.4) is 0 Å². The van der Waals surface area contributed by atoms with Crippen LogP contribution in [-0.2, 0) is 4.74 Å². The maximum Gasteiger partial charge on any atom is 0.176 e. The van der Waals surface area contributed by atoms with Crippen molar-refractivity contribution in [2.45, 2.75) is 6.04 Å². The number of hydrogen-bond donors (Lipinski definition) is 2. The van der Waals surface area contributed by atoms with Gasteiger partial charge in [0.15, 0.2) is 11.5 Å². The number of phenols is 1. The van der Waals surface area contributed by atoms with Crippen molar-refractivity contribution in [3.05, 3.63) is 22.7 Å². The van der Waals surface area contributed by atoms with E-state index in [0.29, 0.717) is 17.4 Å². The average Bonchev–Trinajstić information content (AvgIpc) is 2.33. The highest BCUT2D eigenvalue weighted by atomic mass is 35.5. The predicted molar refractivity (Wildman–Crippen MR) is 68.5 cm³/mol. The van der Waals surface area contributed by atoms with E-state index in [1.165, 1.54) is 7.11 Å². The lowest BCUT2D eigenvalue weighted by molar-refractivity contribution is 0.0768. The number of ether oxygens (including phenoxy) is 2. The number of methoxy groups -OCH3 is 1. The van der Waals surface area contributed by atoms with Gasteiger partial charge in [-0.3, -0.25) is 0 Å². The fraction of sp³-hybridized carbons (Fsp3) is 0.455. The van der Waals surface area contributed by atoms with Crippen LogP contribution in [-0.4, -0.2) is 32.0 Å². The van der Waals surface area contributed by atoms with E-state index in [9.17, 15) is 5.11 Å². The van der Waals surface area contributed by atoms with Gasteiger partial charge in [-0.15, -0.1) is 12.4 Å². The Balaban J connectivity index is 0.00000144. The highest BCUT2D eigenvalue weighted by Gasteiger charge is 2.18. The standard InChI is InChI=1S/C11H14ClNO3.ClH/c1-15-10-5-7(4-8(12)11(10)14)9-6-16-3-2-13-9;/h4-5,9,13-14H,2-3,6H2,1H3;1H/t9-;/m0./s1. The molecule has 0 unspecified atom stereocenters. The van der Waals surface area contributed by atoms with Gasteiger partial charge in [0, 0.05) is 6.54 Å². The van der Waals surface area contributed by atoms with E-state index in [1.807, 2.05) is 0 Å². The Hall–Kier alpha value is -0.680. The van der Waals surface area contributed by atoms with Crippen molar-refractivity contribution in [2.24, 2.45) is 0 Å². The zero-order valence-corrected chi connectivity index (χ0v) is 11.0. The summed E-state index contributed by atoms with van der Waals surface area (Å²) in [7, 11) is 1.50. The maximum atomic E-state index is 9.61. The first kappa shape index (κ1) is 14.4. The summed E-state index contributed by atoms with van der Waals surface area (Å²) in [4.78, 5) is 0. The fourth-order valence-corrected chi connectivity index (χ4v) is 1.95. The zero-order chi connectivity index (χ0) is 11.5. The molecule has 0 saturated carbocycles. The SMILES string of the molecule is COc1cc([C@@H]2COCCN2)cc(Cl)c1O.Cl. The van der Waals surface area contributed by atoms with Crippen molar-refractivity contribution in [1.82, 2.24) is 5.32 Å². The quantitative estimate of drug-likeness (QED) is 0.871. The van der Waals surface area contributed by atoms with Crippen molar-refractivity contribution < 1.29 is 14.6 Å². The van der Waals surface area contributed by atoms with Gasteiger partial charge in [-0.2, -0.15) is 0 Å². The monoisotopic (exact) mass is 279 g/mol. The van der Waals surface area contributed by atoms with Gasteiger partial charge in [0.1, 0.15) is 0 Å². The van der Waals surface area contributed by atoms with Crippen molar-refractivity contribution in [2.75, 3.05) is 26.9 Å². The predicted octanol–water partition coefficient (Wildman–Crippen LogP) is 2.14. The number of nitrogens with one attached hydrogen (secondary N) is 1. The first-order chi connectivity index (χ1) is 7.72. The van der Waals surface area contributed by atoms with Crippen LogP contribution in [0.15, 0.2) is 12.1 Å². The van der Waals surface area contributed by atoms with Gasteiger partial charge in [0.05, 0.1) is 31.4 Å². The van der Waals surface area contributed by atoms with Crippen molar-refractivity contribution in [3.8, 4) is 11.5 Å². The second kappa shape index (κ2) is 6.31. The van der Waals surface area contributed by atoms with E-state index >= 15 is 0 Å². The minimum absolute atomic E-state index is 0. The third-order valence-corrected chi connectivity index (χ3v) is 2.88. The Labute approximate surface area is 111 Å². The molecule has 1 heterocycles. The highest BCUT2D eigenvalue weighted by Crippen LogP contribution is 2.36. The third-order valence-electron chi connectivity index (χ3n) is 2.59. The molecule has 1 saturated heterocycles. The molecule has 1 fully saturated rings. The molecule has 0 bridgehead atoms. The topological polar surface area (TPSA) is 50.7 Å². The normalized spacial score (nSPS) is 19.5. The summed E-state index contributed by atoms with van der Waals surface area (Å²) >= 11 is 5.92. The van der Waals surface area contributed by atoms with Gasteiger partial charge in [-0.05, 0) is 17.7 Å². The number of benzene rings is 1. The van der Waals surface area contributed by atoms with Gasteiger partial charge in [0.25, 0.3) is 0 Å². The zero-order valence-electron chi connectivity index (χ0n) is 9.40. The number of aromatic hydroxyl groups is 1. The van der Waals surface area contributed by atoms with Crippen LogP contribution in [0.1, 0.15) is 11.6 Å². The van der Waals surface area contributed by atoms with E-state index < -0.39 is 0 Å². The van der Waals surface area contributed by atoms with E-state index in [-0.39, 0.29) is 24.2 Å². The van der Waals surface area contributed by atoms with Crippen LogP contribution in [0.5, 0.6) is 11.5 Å². The molecule has 17 heavy (non-hydrogen) atoms. The minimum atomic E-state index is -0.0235. The van der Waals surface area contributed by atoms with Gasteiger partial charge >= 0.3 is 0 Å². The van der Waals surface area contributed by atoms with E-state index in [2.05, 4.69) is 5.32 Å². The summed E-state index contributed by atoms with van der Waals surface area (Å²) in [6.07, 6.45) is 0. The van der Waals surface area contributed by atoms with Crippen LogP contribution in [0, 0.1) is 0 Å². The Morgan fingerprint density at radius 3 is 2.88 bits per heavy atom. The molecule has 1 aliphatic heterocycles. The van der Waals surface area contributed by atoms with Crippen LogP contribution in [0.4, 0.5) is 0 Å². The summed E-state index contributed by atoms with van der Waals surface area (Å²) in [5.41, 5.74) is 0.958. The molecule has 0 aromatic heterocycles. The lowest BCUT2D eigenvalue weighted by Crippen LogP contribution is -2.34. The molecule has 1 aromatic rings. The smallest absolute Gasteiger partial charge is 0.176 e. The second-order valence-corrected chi connectivity index (χ2v) is 4.04. The Bertz CT molecular complexity index is 381. The number of morpholine rings is 1. The molecule has 4 nitrogen and oxygen atoms in total. The average molecular weight is 280 g/mol. The number of phenolic OH excluding ortho intramolecular Hbond substituents is 1.